The van der Waals surface area contributed by atoms with Crippen LogP contribution >= 0.6 is 0 Å². The summed E-state index contributed by atoms with van der Waals surface area (Å²) in [7, 11) is 0. The van der Waals surface area contributed by atoms with Crippen LogP contribution in [0.5, 0.6) is 0 Å². The number of nitrogens with one attached hydrogen (secondary N) is 1. The Kier molecular flexibility index (Phi) is 5.88. The highest BCUT2D eigenvalue weighted by Crippen LogP contribution is 2.27. The van der Waals surface area contributed by atoms with Crippen LogP contribution in [0, 0.1) is 5.92 Å². The molecule has 1 atom stereocenters. The molecule has 1 aromatic heterocycles. The standard InChI is InChI=1S/C20H27N5O2/c1-4-9-24-13-22-23-18(24)11-21-20(27)16-10-19(26)25(12-16)17-7-5-15(6-8-17)14(2)3/h5-8,13-14,16H,4,9-12H2,1-3H3,(H,21,27)/t16-/m0/s1. The molecule has 2 amide bonds. The summed E-state index contributed by atoms with van der Waals surface area (Å²) >= 11 is 0. The quantitative estimate of drug-likeness (QED) is 0.813. The van der Waals surface area contributed by atoms with Crippen LogP contribution in [-0.4, -0.2) is 33.1 Å². The van der Waals surface area contributed by atoms with Crippen LogP contribution < -0.4 is 10.2 Å². The number of aryl methyl sites for hydroxylation is 1. The van der Waals surface area contributed by atoms with Gasteiger partial charge >= 0.3 is 0 Å². The van der Waals surface area contributed by atoms with Crippen LogP contribution in [0.25, 0.3) is 0 Å². The lowest BCUT2D eigenvalue weighted by atomic mass is 10.0. The molecule has 144 valence electrons. The number of benzene rings is 1. The summed E-state index contributed by atoms with van der Waals surface area (Å²) in [4.78, 5) is 26.6. The topological polar surface area (TPSA) is 80.1 Å². The minimum atomic E-state index is -0.343. The molecular weight excluding hydrogens is 342 g/mol. The Balaban J connectivity index is 1.59. The fraction of sp³-hybridized carbons (Fsp3) is 0.500. The van der Waals surface area contributed by atoms with E-state index in [9.17, 15) is 9.59 Å². The number of amides is 2. The molecule has 7 nitrogen and oxygen atoms in total. The van der Waals surface area contributed by atoms with Gasteiger partial charge in [0.05, 0.1) is 12.5 Å². The summed E-state index contributed by atoms with van der Waals surface area (Å²) in [6.07, 6.45) is 2.88. The van der Waals surface area contributed by atoms with E-state index >= 15 is 0 Å². The maximum absolute atomic E-state index is 12.5. The molecule has 1 N–H and O–H groups in total. The van der Waals surface area contributed by atoms with E-state index in [0.717, 1.165) is 24.5 Å². The van der Waals surface area contributed by atoms with Crippen molar-refractivity contribution in [3.63, 3.8) is 0 Å². The Hall–Kier alpha value is -2.70. The van der Waals surface area contributed by atoms with Crippen molar-refractivity contribution in [3.8, 4) is 0 Å². The van der Waals surface area contributed by atoms with E-state index in [2.05, 4.69) is 36.3 Å². The van der Waals surface area contributed by atoms with Gasteiger partial charge in [-0.05, 0) is 30.0 Å². The number of carbonyl (C=O) groups excluding carboxylic acids is 2. The largest absolute Gasteiger partial charge is 0.348 e. The third kappa shape index (κ3) is 4.35. The zero-order chi connectivity index (χ0) is 19.4. The second-order valence-corrected chi connectivity index (χ2v) is 7.31. The minimum Gasteiger partial charge on any atom is -0.348 e. The Labute approximate surface area is 159 Å². The molecule has 0 radical (unpaired) electrons. The van der Waals surface area contributed by atoms with Crippen LogP contribution in [0.1, 0.15) is 50.9 Å². The van der Waals surface area contributed by atoms with Crippen LogP contribution in [0.3, 0.4) is 0 Å². The van der Waals surface area contributed by atoms with E-state index in [4.69, 9.17) is 0 Å². The summed E-state index contributed by atoms with van der Waals surface area (Å²) in [6.45, 7) is 7.91. The van der Waals surface area contributed by atoms with E-state index in [0.29, 0.717) is 19.0 Å². The first kappa shape index (κ1) is 19.1. The molecule has 0 aliphatic carbocycles. The first-order valence-corrected chi connectivity index (χ1v) is 9.54. The first-order valence-electron chi connectivity index (χ1n) is 9.54. The van der Waals surface area contributed by atoms with Gasteiger partial charge in [0.25, 0.3) is 0 Å². The molecule has 27 heavy (non-hydrogen) atoms. The maximum atomic E-state index is 12.5. The van der Waals surface area contributed by atoms with Crippen molar-refractivity contribution >= 4 is 17.5 Å². The van der Waals surface area contributed by atoms with Gasteiger partial charge in [-0.1, -0.05) is 32.9 Å². The molecule has 0 spiro atoms. The highest BCUT2D eigenvalue weighted by molar-refractivity contribution is 6.00. The fourth-order valence-electron chi connectivity index (χ4n) is 3.33. The molecule has 0 bridgehead atoms. The van der Waals surface area contributed by atoms with Crippen molar-refractivity contribution in [2.24, 2.45) is 5.92 Å². The normalized spacial score (nSPS) is 17.0. The van der Waals surface area contributed by atoms with Crippen molar-refractivity contribution < 1.29 is 9.59 Å². The van der Waals surface area contributed by atoms with Gasteiger partial charge < -0.3 is 14.8 Å². The predicted octanol–water partition coefficient (Wildman–Crippen LogP) is 2.48. The third-order valence-electron chi connectivity index (χ3n) is 4.95. The van der Waals surface area contributed by atoms with Gasteiger partial charge in [0.2, 0.25) is 11.8 Å². The molecule has 1 aliphatic heterocycles. The lowest BCUT2D eigenvalue weighted by Gasteiger charge is -2.17. The Morgan fingerprint density at radius 2 is 2.04 bits per heavy atom. The molecule has 7 heteroatoms. The van der Waals surface area contributed by atoms with Crippen molar-refractivity contribution in [1.29, 1.82) is 0 Å². The lowest BCUT2D eigenvalue weighted by Crippen LogP contribution is -2.33. The number of anilines is 1. The summed E-state index contributed by atoms with van der Waals surface area (Å²) in [6, 6.07) is 8.00. The first-order chi connectivity index (χ1) is 13.0. The van der Waals surface area contributed by atoms with Gasteiger partial charge in [-0.15, -0.1) is 10.2 Å². The molecular formula is C20H27N5O2. The highest BCUT2D eigenvalue weighted by atomic mass is 16.2. The number of hydrogen-bond donors (Lipinski definition) is 1. The van der Waals surface area contributed by atoms with E-state index in [1.807, 2.05) is 28.8 Å². The average molecular weight is 369 g/mol. The SMILES string of the molecule is CCCn1cnnc1CNC(=O)[C@H]1CC(=O)N(c2ccc(C(C)C)cc2)C1. The molecule has 3 rings (SSSR count). The Bertz CT molecular complexity index is 797. The third-order valence-corrected chi connectivity index (χ3v) is 4.95. The van der Waals surface area contributed by atoms with Crippen molar-refractivity contribution in [1.82, 2.24) is 20.1 Å². The van der Waals surface area contributed by atoms with E-state index < -0.39 is 0 Å². The number of nitrogens with zero attached hydrogens (tertiary/aromatic N) is 4. The van der Waals surface area contributed by atoms with Crippen LogP contribution in [0.2, 0.25) is 0 Å². The van der Waals surface area contributed by atoms with Crippen molar-refractivity contribution in [3.05, 3.63) is 42.0 Å². The smallest absolute Gasteiger partial charge is 0.227 e. The van der Waals surface area contributed by atoms with Gasteiger partial charge in [0.15, 0.2) is 5.82 Å². The Morgan fingerprint density at radius 1 is 1.30 bits per heavy atom. The molecule has 0 saturated carbocycles. The van der Waals surface area contributed by atoms with Gasteiger partial charge in [0.1, 0.15) is 6.33 Å². The molecule has 1 aliphatic rings. The summed E-state index contributed by atoms with van der Waals surface area (Å²) in [5.41, 5.74) is 2.08. The highest BCUT2D eigenvalue weighted by Gasteiger charge is 2.35. The summed E-state index contributed by atoms with van der Waals surface area (Å²) in [5.74, 6) is 0.708. The monoisotopic (exact) mass is 369 g/mol. The van der Waals surface area contributed by atoms with E-state index in [1.165, 1.54) is 5.56 Å². The Morgan fingerprint density at radius 3 is 2.70 bits per heavy atom. The summed E-state index contributed by atoms with van der Waals surface area (Å²) < 4.78 is 1.93. The zero-order valence-corrected chi connectivity index (χ0v) is 16.2. The molecule has 2 heterocycles. The average Bonchev–Trinajstić information content (AvgIpc) is 3.26. The fourth-order valence-corrected chi connectivity index (χ4v) is 3.33. The number of rotatable bonds is 7. The maximum Gasteiger partial charge on any atom is 0.227 e. The van der Waals surface area contributed by atoms with Gasteiger partial charge in [-0.25, -0.2) is 0 Å². The van der Waals surface area contributed by atoms with Gasteiger partial charge in [0, 0.05) is 25.2 Å². The van der Waals surface area contributed by atoms with E-state index in [-0.39, 0.29) is 24.2 Å². The number of carbonyl (C=O) groups is 2. The molecule has 1 saturated heterocycles. The molecule has 1 aromatic carbocycles. The van der Waals surface area contributed by atoms with Crippen molar-refractivity contribution in [2.75, 3.05) is 11.4 Å². The van der Waals surface area contributed by atoms with Crippen molar-refractivity contribution in [2.45, 2.75) is 52.6 Å². The van der Waals surface area contributed by atoms with Crippen LogP contribution in [0.4, 0.5) is 5.69 Å². The van der Waals surface area contributed by atoms with E-state index in [1.54, 1.807) is 11.2 Å². The van der Waals surface area contributed by atoms with Gasteiger partial charge in [-0.2, -0.15) is 0 Å². The second kappa shape index (κ2) is 8.33. The van der Waals surface area contributed by atoms with Gasteiger partial charge in [-0.3, -0.25) is 9.59 Å². The second-order valence-electron chi connectivity index (χ2n) is 7.31. The number of aromatic nitrogens is 3. The predicted molar refractivity (Wildman–Crippen MR) is 103 cm³/mol. The van der Waals surface area contributed by atoms with Crippen LogP contribution in [0.15, 0.2) is 30.6 Å². The molecule has 2 aromatic rings. The molecule has 0 unspecified atom stereocenters. The molecule has 1 fully saturated rings. The lowest BCUT2D eigenvalue weighted by molar-refractivity contribution is -0.126. The van der Waals surface area contributed by atoms with Crippen LogP contribution in [-0.2, 0) is 22.7 Å². The number of hydrogen-bond acceptors (Lipinski definition) is 4. The minimum absolute atomic E-state index is 0.0124. The zero-order valence-electron chi connectivity index (χ0n) is 16.2. The summed E-state index contributed by atoms with van der Waals surface area (Å²) in [5, 5.41) is 10.9.